The summed E-state index contributed by atoms with van der Waals surface area (Å²) in [5.74, 6) is 0.357. The molecule has 1 heterocycles. The maximum Gasteiger partial charge on any atom is 0.150 e. The molecule has 0 saturated carbocycles. The average molecular weight is 267 g/mol. The first-order valence-corrected chi connectivity index (χ1v) is 5.73. The third-order valence-electron chi connectivity index (χ3n) is 2.52. The Labute approximate surface area is 109 Å². The Morgan fingerprint density at radius 2 is 2.17 bits per heavy atom. The molecule has 94 valence electrons. The van der Waals surface area contributed by atoms with Crippen molar-refractivity contribution in [1.82, 2.24) is 9.97 Å². The zero-order valence-electron chi connectivity index (χ0n) is 9.69. The number of rotatable bonds is 3. The first-order chi connectivity index (χ1) is 8.58. The highest BCUT2D eigenvalue weighted by atomic mass is 35.5. The Hall–Kier alpha value is -1.88. The molecule has 2 rings (SSSR count). The Balaban J connectivity index is 2.21. The maximum absolute atomic E-state index is 13.1. The van der Waals surface area contributed by atoms with Gasteiger partial charge in [-0.2, -0.15) is 0 Å². The molecule has 0 spiro atoms. The number of anilines is 2. The van der Waals surface area contributed by atoms with Crippen LogP contribution in [0.3, 0.4) is 0 Å². The van der Waals surface area contributed by atoms with Crippen molar-refractivity contribution in [2.75, 3.05) is 11.1 Å². The van der Waals surface area contributed by atoms with E-state index in [2.05, 4.69) is 15.3 Å². The molecule has 0 bridgehead atoms. The van der Waals surface area contributed by atoms with Gasteiger partial charge in [-0.15, -0.1) is 0 Å². The van der Waals surface area contributed by atoms with Gasteiger partial charge in [-0.3, -0.25) is 0 Å². The van der Waals surface area contributed by atoms with Crippen molar-refractivity contribution in [2.24, 2.45) is 0 Å². The molecule has 1 atom stereocenters. The molecule has 0 saturated heterocycles. The van der Waals surface area contributed by atoms with Crippen molar-refractivity contribution in [3.8, 4) is 0 Å². The minimum atomic E-state index is -0.283. The highest BCUT2D eigenvalue weighted by molar-refractivity contribution is 6.35. The quantitative estimate of drug-likeness (QED) is 0.896. The molecule has 0 fully saturated rings. The number of nitrogens with one attached hydrogen (secondary N) is 1. The van der Waals surface area contributed by atoms with Gasteiger partial charge < -0.3 is 11.1 Å². The molecule has 18 heavy (non-hydrogen) atoms. The third-order valence-corrected chi connectivity index (χ3v) is 2.89. The van der Waals surface area contributed by atoms with E-state index in [1.807, 2.05) is 13.0 Å². The molecule has 6 heteroatoms. The van der Waals surface area contributed by atoms with Gasteiger partial charge in [-0.05, 0) is 24.6 Å². The number of hydrogen-bond donors (Lipinski definition) is 2. The Bertz CT molecular complexity index is 562. The van der Waals surface area contributed by atoms with E-state index in [1.165, 1.54) is 18.5 Å². The van der Waals surface area contributed by atoms with Crippen LogP contribution in [0, 0.1) is 5.82 Å². The molecular weight excluding hydrogens is 255 g/mol. The predicted molar refractivity (Wildman–Crippen MR) is 69.9 cm³/mol. The van der Waals surface area contributed by atoms with Gasteiger partial charge >= 0.3 is 0 Å². The topological polar surface area (TPSA) is 63.8 Å². The largest absolute Gasteiger partial charge is 0.382 e. The first kappa shape index (κ1) is 12.6. The minimum absolute atomic E-state index is 0.146. The smallest absolute Gasteiger partial charge is 0.150 e. The van der Waals surface area contributed by atoms with Crippen LogP contribution >= 0.6 is 11.6 Å². The molecule has 0 aliphatic carbocycles. The van der Waals surface area contributed by atoms with Crippen LogP contribution in [-0.4, -0.2) is 9.97 Å². The number of nitrogen functional groups attached to an aromatic ring is 1. The highest BCUT2D eigenvalue weighted by Crippen LogP contribution is 2.27. The number of benzene rings is 1. The van der Waals surface area contributed by atoms with Gasteiger partial charge in [0.15, 0.2) is 5.82 Å². The summed E-state index contributed by atoms with van der Waals surface area (Å²) in [4.78, 5) is 7.77. The minimum Gasteiger partial charge on any atom is -0.382 e. The summed E-state index contributed by atoms with van der Waals surface area (Å²) in [5.41, 5.74) is 6.37. The maximum atomic E-state index is 13.1. The number of nitrogens with two attached hydrogens (primary N) is 1. The van der Waals surface area contributed by atoms with Crippen LogP contribution in [-0.2, 0) is 0 Å². The fraction of sp³-hybridized carbons (Fsp3) is 0.167. The van der Waals surface area contributed by atoms with E-state index in [0.29, 0.717) is 5.82 Å². The molecule has 1 unspecified atom stereocenters. The standard InChI is InChI=1S/C12H12ClFN4/c1-7(8-3-2-4-9(14)5-8)18-12-10(13)11(15)16-6-17-12/h2-7H,1H3,(H3,15,16,17,18). The molecule has 2 aromatic rings. The van der Waals surface area contributed by atoms with E-state index < -0.39 is 0 Å². The lowest BCUT2D eigenvalue weighted by Crippen LogP contribution is -2.09. The lowest BCUT2D eigenvalue weighted by atomic mass is 10.1. The first-order valence-electron chi connectivity index (χ1n) is 5.36. The van der Waals surface area contributed by atoms with Crippen LogP contribution in [0.15, 0.2) is 30.6 Å². The average Bonchev–Trinajstić information content (AvgIpc) is 2.35. The third kappa shape index (κ3) is 2.68. The molecule has 1 aromatic heterocycles. The molecule has 0 aliphatic heterocycles. The van der Waals surface area contributed by atoms with Gasteiger partial charge in [0.25, 0.3) is 0 Å². The fourth-order valence-corrected chi connectivity index (χ4v) is 1.70. The molecule has 3 N–H and O–H groups in total. The lowest BCUT2D eigenvalue weighted by molar-refractivity contribution is 0.623. The molecular formula is C12H12ClFN4. The van der Waals surface area contributed by atoms with Gasteiger partial charge in [-0.1, -0.05) is 23.7 Å². The monoisotopic (exact) mass is 266 g/mol. The zero-order chi connectivity index (χ0) is 13.1. The molecule has 1 aromatic carbocycles. The van der Waals surface area contributed by atoms with Crippen molar-refractivity contribution in [3.63, 3.8) is 0 Å². The molecule has 0 radical (unpaired) electrons. The summed E-state index contributed by atoms with van der Waals surface area (Å²) >= 11 is 5.97. The van der Waals surface area contributed by atoms with Crippen LogP contribution in [0.5, 0.6) is 0 Å². The number of hydrogen-bond acceptors (Lipinski definition) is 4. The van der Waals surface area contributed by atoms with Gasteiger partial charge in [-0.25, -0.2) is 14.4 Å². The predicted octanol–water partition coefficient (Wildman–Crippen LogP) is 3.02. The fourth-order valence-electron chi connectivity index (χ4n) is 1.55. The van der Waals surface area contributed by atoms with E-state index in [4.69, 9.17) is 17.3 Å². The highest BCUT2D eigenvalue weighted by Gasteiger charge is 2.11. The molecule has 4 nitrogen and oxygen atoms in total. The molecule has 0 amide bonds. The van der Waals surface area contributed by atoms with Crippen LogP contribution < -0.4 is 11.1 Å². The summed E-state index contributed by atoms with van der Waals surface area (Å²) in [6.45, 7) is 1.88. The van der Waals surface area contributed by atoms with Gasteiger partial charge in [0, 0.05) is 0 Å². The Morgan fingerprint density at radius 1 is 1.39 bits per heavy atom. The van der Waals surface area contributed by atoms with E-state index >= 15 is 0 Å². The van der Waals surface area contributed by atoms with Crippen molar-refractivity contribution < 1.29 is 4.39 Å². The van der Waals surface area contributed by atoms with Crippen LogP contribution in [0.4, 0.5) is 16.0 Å². The van der Waals surface area contributed by atoms with E-state index in [1.54, 1.807) is 6.07 Å². The van der Waals surface area contributed by atoms with Crippen LogP contribution in [0.25, 0.3) is 0 Å². The number of nitrogens with zero attached hydrogens (tertiary/aromatic N) is 2. The van der Waals surface area contributed by atoms with Crippen molar-refractivity contribution in [3.05, 3.63) is 47.0 Å². The Morgan fingerprint density at radius 3 is 2.89 bits per heavy atom. The summed E-state index contributed by atoms with van der Waals surface area (Å²) in [6.07, 6.45) is 1.32. The zero-order valence-corrected chi connectivity index (χ0v) is 10.4. The van der Waals surface area contributed by atoms with Gasteiger partial charge in [0.1, 0.15) is 23.0 Å². The number of halogens is 2. The van der Waals surface area contributed by atoms with Crippen molar-refractivity contribution in [1.29, 1.82) is 0 Å². The van der Waals surface area contributed by atoms with Gasteiger partial charge in [0.2, 0.25) is 0 Å². The second kappa shape index (κ2) is 5.18. The lowest BCUT2D eigenvalue weighted by Gasteiger charge is -2.16. The van der Waals surface area contributed by atoms with Crippen LogP contribution in [0.1, 0.15) is 18.5 Å². The number of aromatic nitrogens is 2. The summed E-state index contributed by atoms with van der Waals surface area (Å²) in [7, 11) is 0. The van der Waals surface area contributed by atoms with Crippen molar-refractivity contribution >= 4 is 23.2 Å². The Kier molecular flexibility index (Phi) is 3.62. The van der Waals surface area contributed by atoms with Gasteiger partial charge in [0.05, 0.1) is 6.04 Å². The second-order valence-electron chi connectivity index (χ2n) is 3.84. The van der Waals surface area contributed by atoms with E-state index in [9.17, 15) is 4.39 Å². The summed E-state index contributed by atoms with van der Waals surface area (Å²) < 4.78 is 13.1. The van der Waals surface area contributed by atoms with Crippen molar-refractivity contribution in [2.45, 2.75) is 13.0 Å². The normalized spacial score (nSPS) is 12.2. The SMILES string of the molecule is CC(Nc1ncnc(N)c1Cl)c1cccc(F)c1. The summed E-state index contributed by atoms with van der Waals surface area (Å²) in [6, 6.07) is 6.17. The van der Waals surface area contributed by atoms with E-state index in [0.717, 1.165) is 5.56 Å². The summed E-state index contributed by atoms with van der Waals surface area (Å²) in [5, 5.41) is 3.33. The van der Waals surface area contributed by atoms with Crippen LogP contribution in [0.2, 0.25) is 5.02 Å². The molecule has 0 aliphatic rings. The second-order valence-corrected chi connectivity index (χ2v) is 4.22. The van der Waals surface area contributed by atoms with E-state index in [-0.39, 0.29) is 22.7 Å².